The van der Waals surface area contributed by atoms with Crippen LogP contribution in [0.2, 0.25) is 0 Å². The third kappa shape index (κ3) is 2.12. The van der Waals surface area contributed by atoms with Gasteiger partial charge in [-0.1, -0.05) is 13.8 Å². The quantitative estimate of drug-likeness (QED) is 0.830. The monoisotopic (exact) mass is 209 g/mol. The number of hydrogen-bond acceptors (Lipinski definition) is 3. The van der Waals surface area contributed by atoms with E-state index in [4.69, 9.17) is 4.74 Å². The van der Waals surface area contributed by atoms with E-state index in [1.54, 1.807) is 7.11 Å². The van der Waals surface area contributed by atoms with Crippen LogP contribution in [-0.4, -0.2) is 17.2 Å². The number of aryl methyl sites for hydroxylation is 1. The lowest BCUT2D eigenvalue weighted by Gasteiger charge is -2.17. The van der Waals surface area contributed by atoms with Gasteiger partial charge in [-0.05, 0) is 19.8 Å². The summed E-state index contributed by atoms with van der Waals surface area (Å²) in [7, 11) is 1.63. The van der Waals surface area contributed by atoms with E-state index in [1.165, 1.54) is 0 Å². The summed E-state index contributed by atoms with van der Waals surface area (Å²) in [6, 6.07) is 0. The fourth-order valence-corrected chi connectivity index (χ4v) is 1.75. The first-order valence-electron chi connectivity index (χ1n) is 5.17. The Hall–Kier alpha value is -1.09. The maximum absolute atomic E-state index is 9.37. The molecule has 84 valence electrons. The van der Waals surface area contributed by atoms with Crippen molar-refractivity contribution in [2.24, 2.45) is 0 Å². The van der Waals surface area contributed by atoms with Gasteiger partial charge in [0, 0.05) is 16.8 Å². The summed E-state index contributed by atoms with van der Waals surface area (Å²) in [5.41, 5.74) is 3.71. The van der Waals surface area contributed by atoms with Gasteiger partial charge in [-0.25, -0.2) is 0 Å². The van der Waals surface area contributed by atoms with E-state index in [0.717, 1.165) is 28.3 Å². The maximum Gasteiger partial charge on any atom is 0.130 e. The fourth-order valence-electron chi connectivity index (χ4n) is 1.75. The van der Waals surface area contributed by atoms with Crippen LogP contribution in [0.4, 0.5) is 0 Å². The molecule has 0 unspecified atom stereocenters. The SMILES string of the molecule is COc1c(C)c(C)nc(C(C)C)c1CO. The van der Waals surface area contributed by atoms with Crippen LogP contribution >= 0.6 is 0 Å². The Morgan fingerprint density at radius 3 is 2.33 bits per heavy atom. The molecule has 1 N–H and O–H groups in total. The number of aliphatic hydroxyl groups excluding tert-OH is 1. The Balaban J connectivity index is 3.47. The van der Waals surface area contributed by atoms with Gasteiger partial charge in [0.1, 0.15) is 5.75 Å². The summed E-state index contributed by atoms with van der Waals surface area (Å²) in [4.78, 5) is 4.51. The zero-order valence-corrected chi connectivity index (χ0v) is 10.1. The molecule has 0 aromatic carbocycles. The number of aliphatic hydroxyl groups is 1. The van der Waals surface area contributed by atoms with Gasteiger partial charge in [0.05, 0.1) is 19.4 Å². The molecule has 3 nitrogen and oxygen atoms in total. The lowest BCUT2D eigenvalue weighted by atomic mass is 10.00. The van der Waals surface area contributed by atoms with Crippen LogP contribution in [0, 0.1) is 13.8 Å². The summed E-state index contributed by atoms with van der Waals surface area (Å²) < 4.78 is 5.34. The average molecular weight is 209 g/mol. The van der Waals surface area contributed by atoms with Crippen LogP contribution in [0.25, 0.3) is 0 Å². The third-order valence-electron chi connectivity index (χ3n) is 2.66. The molecule has 1 aromatic rings. The smallest absolute Gasteiger partial charge is 0.130 e. The largest absolute Gasteiger partial charge is 0.496 e. The molecule has 0 saturated carbocycles. The number of methoxy groups -OCH3 is 1. The first-order chi connectivity index (χ1) is 7.02. The minimum atomic E-state index is -0.0230. The molecule has 0 aliphatic heterocycles. The highest BCUT2D eigenvalue weighted by atomic mass is 16.5. The van der Waals surface area contributed by atoms with Crippen molar-refractivity contribution in [3.63, 3.8) is 0 Å². The molecular formula is C12H19NO2. The Labute approximate surface area is 91.1 Å². The summed E-state index contributed by atoms with van der Waals surface area (Å²) in [6.07, 6.45) is 0. The van der Waals surface area contributed by atoms with E-state index in [0.29, 0.717) is 5.92 Å². The number of nitrogens with zero attached hydrogens (tertiary/aromatic N) is 1. The average Bonchev–Trinajstić information content (AvgIpc) is 2.20. The number of pyridine rings is 1. The molecule has 0 aliphatic rings. The van der Waals surface area contributed by atoms with Crippen molar-refractivity contribution < 1.29 is 9.84 Å². The van der Waals surface area contributed by atoms with Crippen LogP contribution in [0.5, 0.6) is 5.75 Å². The lowest BCUT2D eigenvalue weighted by molar-refractivity contribution is 0.270. The highest BCUT2D eigenvalue weighted by Crippen LogP contribution is 2.31. The predicted molar refractivity (Wildman–Crippen MR) is 60.3 cm³/mol. The molecule has 0 spiro atoms. The summed E-state index contributed by atoms with van der Waals surface area (Å²) in [6.45, 7) is 8.03. The Kier molecular flexibility index (Phi) is 3.69. The Morgan fingerprint density at radius 2 is 1.93 bits per heavy atom. The molecule has 1 rings (SSSR count). The Bertz CT molecular complexity index is 359. The number of hydrogen-bond donors (Lipinski definition) is 1. The van der Waals surface area contributed by atoms with Crippen molar-refractivity contribution in [3.05, 3.63) is 22.5 Å². The van der Waals surface area contributed by atoms with Gasteiger partial charge >= 0.3 is 0 Å². The predicted octanol–water partition coefficient (Wildman–Crippen LogP) is 2.32. The first kappa shape index (κ1) is 12.0. The molecule has 3 heteroatoms. The second-order valence-electron chi connectivity index (χ2n) is 4.03. The van der Waals surface area contributed by atoms with E-state index in [9.17, 15) is 5.11 Å². The number of aromatic nitrogens is 1. The Morgan fingerprint density at radius 1 is 1.33 bits per heavy atom. The maximum atomic E-state index is 9.37. The standard InChI is InChI=1S/C12H19NO2/c1-7(2)11-10(6-14)12(15-5)8(3)9(4)13-11/h7,14H,6H2,1-5H3. The molecule has 1 aromatic heterocycles. The van der Waals surface area contributed by atoms with Crippen LogP contribution in [0.15, 0.2) is 0 Å². The van der Waals surface area contributed by atoms with Gasteiger partial charge < -0.3 is 9.84 Å². The van der Waals surface area contributed by atoms with Gasteiger partial charge in [-0.15, -0.1) is 0 Å². The van der Waals surface area contributed by atoms with Crippen LogP contribution in [0.3, 0.4) is 0 Å². The van der Waals surface area contributed by atoms with Crippen LogP contribution in [-0.2, 0) is 6.61 Å². The second-order valence-corrected chi connectivity index (χ2v) is 4.03. The van der Waals surface area contributed by atoms with Gasteiger partial charge in [0.25, 0.3) is 0 Å². The minimum Gasteiger partial charge on any atom is -0.496 e. The van der Waals surface area contributed by atoms with Crippen molar-refractivity contribution in [1.82, 2.24) is 4.98 Å². The minimum absolute atomic E-state index is 0.0230. The van der Waals surface area contributed by atoms with Crippen LogP contribution in [0.1, 0.15) is 42.3 Å². The number of rotatable bonds is 3. The molecule has 1 heterocycles. The van der Waals surface area contributed by atoms with Gasteiger partial charge in [0.15, 0.2) is 0 Å². The molecular weight excluding hydrogens is 190 g/mol. The molecule has 0 amide bonds. The van der Waals surface area contributed by atoms with E-state index in [-0.39, 0.29) is 6.61 Å². The van der Waals surface area contributed by atoms with E-state index in [2.05, 4.69) is 18.8 Å². The summed E-state index contributed by atoms with van der Waals surface area (Å²) in [5, 5.41) is 9.37. The molecule has 15 heavy (non-hydrogen) atoms. The van der Waals surface area contributed by atoms with E-state index < -0.39 is 0 Å². The third-order valence-corrected chi connectivity index (χ3v) is 2.66. The van der Waals surface area contributed by atoms with Crippen molar-refractivity contribution in [2.45, 2.75) is 40.2 Å². The van der Waals surface area contributed by atoms with E-state index >= 15 is 0 Å². The molecule has 0 bridgehead atoms. The van der Waals surface area contributed by atoms with Crippen molar-refractivity contribution in [1.29, 1.82) is 0 Å². The molecule has 0 radical (unpaired) electrons. The van der Waals surface area contributed by atoms with Crippen molar-refractivity contribution >= 4 is 0 Å². The zero-order valence-electron chi connectivity index (χ0n) is 10.1. The lowest BCUT2D eigenvalue weighted by Crippen LogP contribution is -2.07. The van der Waals surface area contributed by atoms with E-state index in [1.807, 2.05) is 13.8 Å². The fraction of sp³-hybridized carbons (Fsp3) is 0.583. The zero-order chi connectivity index (χ0) is 11.6. The normalized spacial score (nSPS) is 10.9. The van der Waals surface area contributed by atoms with Crippen molar-refractivity contribution in [2.75, 3.05) is 7.11 Å². The summed E-state index contributed by atoms with van der Waals surface area (Å²) >= 11 is 0. The molecule has 0 saturated heterocycles. The molecule has 0 aliphatic carbocycles. The van der Waals surface area contributed by atoms with Gasteiger partial charge in [-0.3, -0.25) is 4.98 Å². The van der Waals surface area contributed by atoms with Crippen molar-refractivity contribution in [3.8, 4) is 5.75 Å². The first-order valence-corrected chi connectivity index (χ1v) is 5.17. The molecule has 0 atom stereocenters. The van der Waals surface area contributed by atoms with Crippen LogP contribution < -0.4 is 4.74 Å². The molecule has 0 fully saturated rings. The summed E-state index contributed by atoms with van der Waals surface area (Å²) in [5.74, 6) is 1.06. The van der Waals surface area contributed by atoms with Gasteiger partial charge in [0.2, 0.25) is 0 Å². The number of ether oxygens (including phenoxy) is 1. The highest BCUT2D eigenvalue weighted by molar-refractivity contribution is 5.45. The van der Waals surface area contributed by atoms with Gasteiger partial charge in [-0.2, -0.15) is 0 Å². The second kappa shape index (κ2) is 4.62. The topological polar surface area (TPSA) is 42.4 Å². The highest BCUT2D eigenvalue weighted by Gasteiger charge is 2.17.